The normalized spacial score (nSPS) is 14.2. The van der Waals surface area contributed by atoms with Crippen LogP contribution >= 0.6 is 7.82 Å². The van der Waals surface area contributed by atoms with Crippen molar-refractivity contribution in [1.82, 2.24) is 5.32 Å². The predicted octanol–water partition coefficient (Wildman–Crippen LogP) is 17.8. The number of hydrogen-bond acceptors (Lipinski definition) is 7. The van der Waals surface area contributed by atoms with Crippen molar-refractivity contribution in [2.45, 2.75) is 277 Å². The molecule has 0 heterocycles. The van der Waals surface area contributed by atoms with E-state index in [1.807, 2.05) is 33.3 Å². The average molecular weight is 1040 g/mol. The number of nitrogens with one attached hydrogen (secondary N) is 1. The number of rotatable bonds is 54. The smallest absolute Gasteiger partial charge is 0.306 e. The molecule has 0 spiro atoms. The molecule has 9 nitrogen and oxygen atoms in total. The first kappa shape index (κ1) is 70.5. The maximum atomic E-state index is 13.5. The summed E-state index contributed by atoms with van der Waals surface area (Å²) in [5, 5.41) is 3.01. The van der Waals surface area contributed by atoms with Crippen LogP contribution in [0.4, 0.5) is 0 Å². The van der Waals surface area contributed by atoms with Crippen molar-refractivity contribution in [3.8, 4) is 0 Å². The van der Waals surface area contributed by atoms with Crippen LogP contribution in [-0.4, -0.2) is 69.4 Å². The van der Waals surface area contributed by atoms with Crippen molar-refractivity contribution in [2.24, 2.45) is 0 Å². The van der Waals surface area contributed by atoms with Crippen molar-refractivity contribution in [3.63, 3.8) is 0 Å². The lowest BCUT2D eigenvalue weighted by Gasteiger charge is -2.30. The molecule has 0 radical (unpaired) electrons. The fourth-order valence-electron chi connectivity index (χ4n) is 8.38. The van der Waals surface area contributed by atoms with Gasteiger partial charge in [-0.3, -0.25) is 14.2 Å². The molecule has 0 aliphatic heterocycles. The molecule has 0 aliphatic carbocycles. The molecule has 0 aliphatic rings. The molecule has 0 saturated heterocycles. The van der Waals surface area contributed by atoms with Crippen LogP contribution in [0.5, 0.6) is 0 Å². The number of carbonyl (C=O) groups is 2. The average Bonchev–Trinajstić information content (AvgIpc) is 3.35. The topological polar surface area (TPSA) is 114 Å². The highest BCUT2D eigenvalue weighted by Gasteiger charge is 2.27. The number of unbranched alkanes of at least 4 members (excludes halogenated alkanes) is 28. The first-order valence-corrected chi connectivity index (χ1v) is 31.7. The Labute approximate surface area is 451 Å². The molecule has 0 aromatic rings. The summed E-state index contributed by atoms with van der Waals surface area (Å²) in [7, 11) is 1.16. The Hall–Kier alpha value is -2.55. The maximum absolute atomic E-state index is 13.5. The van der Waals surface area contributed by atoms with Gasteiger partial charge < -0.3 is 28.5 Å². The van der Waals surface area contributed by atoms with Gasteiger partial charge in [0.25, 0.3) is 7.82 Å². The number of phosphoric ester groups is 1. The van der Waals surface area contributed by atoms with Gasteiger partial charge in [-0.25, -0.2) is 0 Å². The number of quaternary nitrogens is 1. The van der Waals surface area contributed by atoms with Gasteiger partial charge in [-0.15, -0.1) is 0 Å². The van der Waals surface area contributed by atoms with E-state index in [2.05, 4.69) is 86.8 Å². The molecule has 0 aromatic heterocycles. The number of hydrogen-bond donors (Lipinski definition) is 1. The van der Waals surface area contributed by atoms with Crippen molar-refractivity contribution in [2.75, 3.05) is 40.9 Å². The van der Waals surface area contributed by atoms with Gasteiger partial charge in [0.1, 0.15) is 19.3 Å². The van der Waals surface area contributed by atoms with Crippen LogP contribution in [0.1, 0.15) is 265 Å². The van der Waals surface area contributed by atoms with Crippen LogP contribution < -0.4 is 10.2 Å². The first-order valence-electron chi connectivity index (χ1n) is 30.2. The van der Waals surface area contributed by atoms with E-state index in [9.17, 15) is 19.0 Å². The Morgan fingerprint density at radius 3 is 1.32 bits per heavy atom. The van der Waals surface area contributed by atoms with E-state index in [4.69, 9.17) is 13.8 Å². The van der Waals surface area contributed by atoms with Crippen molar-refractivity contribution in [1.29, 1.82) is 0 Å². The minimum atomic E-state index is -4.71. The van der Waals surface area contributed by atoms with E-state index in [-0.39, 0.29) is 31.3 Å². The molecule has 3 atom stereocenters. The molecule has 3 unspecified atom stereocenters. The maximum Gasteiger partial charge on any atom is 0.306 e. The van der Waals surface area contributed by atoms with Crippen molar-refractivity contribution in [3.05, 3.63) is 72.9 Å². The molecule has 1 N–H and O–H groups in total. The molecular weight excluding hydrogens is 928 g/mol. The summed E-state index contributed by atoms with van der Waals surface area (Å²) in [6, 6.07) is -0.908. The van der Waals surface area contributed by atoms with Gasteiger partial charge in [0, 0.05) is 12.8 Å². The zero-order valence-corrected chi connectivity index (χ0v) is 49.2. The monoisotopic (exact) mass is 1040 g/mol. The highest BCUT2D eigenvalue weighted by molar-refractivity contribution is 7.45. The second-order valence-corrected chi connectivity index (χ2v) is 22.9. The fraction of sp³-hybridized carbons (Fsp3) is 0.778. The van der Waals surface area contributed by atoms with Gasteiger partial charge in [-0.1, -0.05) is 222 Å². The van der Waals surface area contributed by atoms with Gasteiger partial charge in [-0.2, -0.15) is 0 Å². The molecule has 0 aromatic carbocycles. The molecule has 1 amide bonds. The quantitative estimate of drug-likeness (QED) is 0.0212. The van der Waals surface area contributed by atoms with Crippen LogP contribution in [0, 0.1) is 0 Å². The van der Waals surface area contributed by atoms with Crippen LogP contribution in [0.25, 0.3) is 0 Å². The van der Waals surface area contributed by atoms with E-state index < -0.39 is 26.6 Å². The molecule has 0 rings (SSSR count). The third kappa shape index (κ3) is 54.1. The number of likely N-dealkylation sites (N-methyl/N-ethyl adjacent to an activating group) is 1. The summed E-state index contributed by atoms with van der Waals surface area (Å²) >= 11 is 0. The lowest BCUT2D eigenvalue weighted by Crippen LogP contribution is -2.47. The van der Waals surface area contributed by atoms with Crippen LogP contribution in [-0.2, 0) is 27.9 Å². The van der Waals surface area contributed by atoms with Gasteiger partial charge >= 0.3 is 5.97 Å². The summed E-state index contributed by atoms with van der Waals surface area (Å²) in [6.45, 7) is 6.78. The zero-order chi connectivity index (χ0) is 53.6. The van der Waals surface area contributed by atoms with Gasteiger partial charge in [0.2, 0.25) is 5.91 Å². The highest BCUT2D eigenvalue weighted by Crippen LogP contribution is 2.38. The van der Waals surface area contributed by atoms with Gasteiger partial charge in [0.05, 0.1) is 33.8 Å². The summed E-state index contributed by atoms with van der Waals surface area (Å²) in [5.74, 6) is -0.581. The number of esters is 1. The Balaban J connectivity index is 5.39. The largest absolute Gasteiger partial charge is 0.756 e. The number of ether oxygens (including phenoxy) is 1. The third-order valence-electron chi connectivity index (χ3n) is 13.1. The molecule has 424 valence electrons. The second-order valence-electron chi connectivity index (χ2n) is 21.5. The number of allylic oxidation sites excluding steroid dienone is 11. The number of nitrogens with zero attached hydrogens (tertiary/aromatic N) is 1. The fourth-order valence-corrected chi connectivity index (χ4v) is 9.10. The lowest BCUT2D eigenvalue weighted by atomic mass is 10.0. The van der Waals surface area contributed by atoms with Crippen LogP contribution in [0.3, 0.4) is 0 Å². The van der Waals surface area contributed by atoms with Gasteiger partial charge in [0.15, 0.2) is 0 Å². The lowest BCUT2D eigenvalue weighted by molar-refractivity contribution is -0.870. The summed E-state index contributed by atoms with van der Waals surface area (Å²) in [4.78, 5) is 39.9. The molecule has 10 heteroatoms. The third-order valence-corrected chi connectivity index (χ3v) is 14.1. The van der Waals surface area contributed by atoms with Crippen LogP contribution in [0.15, 0.2) is 72.9 Å². The van der Waals surface area contributed by atoms with Crippen molar-refractivity contribution < 1.29 is 37.3 Å². The standard InChI is InChI=1S/C63H115N2O7P/c1-7-10-13-16-19-22-25-28-30-31-32-33-35-37-40-43-46-49-52-55-62(66)64-60(59-71-73(68,69)70-58-57-65(4,5)6)61(54-51-48-45-42-39-36-27-24-21-18-15-12-9-3)72-63(67)56-53-50-47-44-41-38-34-29-26-23-20-17-14-11-8-2/h19,22-23,26,28,30,32-33,37,40,51,54,60-61H,7-18,20-21,24-25,27,29,31,34-36,38-39,41-50,52-53,55-59H2,1-6H3,(H-,64,66,68,69)/b22-19-,26-23-,30-28-,33-32-,40-37-,54-51-. The molecule has 0 saturated carbocycles. The van der Waals surface area contributed by atoms with E-state index in [1.54, 1.807) is 0 Å². The minimum Gasteiger partial charge on any atom is -0.756 e. The Kier molecular flexibility index (Phi) is 51.0. The Morgan fingerprint density at radius 1 is 0.479 bits per heavy atom. The molecule has 0 bridgehead atoms. The van der Waals surface area contributed by atoms with Gasteiger partial charge in [-0.05, 0) is 102 Å². The number of phosphoric acid groups is 1. The zero-order valence-electron chi connectivity index (χ0n) is 48.3. The SMILES string of the molecule is CCCCC/C=C\C/C=C\C/C=C\C/C=C\CCCCCC(=O)NC(COP(=O)([O-])OCC[N+](C)(C)C)C(/C=C\CCCCCCCCCCCCC)OC(=O)CCCCCCCCC/C=C\CCCCCC. The molecule has 0 fully saturated rings. The van der Waals surface area contributed by atoms with E-state index in [1.165, 1.54) is 135 Å². The first-order chi connectivity index (χ1) is 35.4. The predicted molar refractivity (Wildman–Crippen MR) is 312 cm³/mol. The summed E-state index contributed by atoms with van der Waals surface area (Å²) in [6.07, 6.45) is 67.2. The summed E-state index contributed by atoms with van der Waals surface area (Å²) in [5.41, 5.74) is 0. The second kappa shape index (κ2) is 52.9. The van der Waals surface area contributed by atoms with Crippen molar-refractivity contribution >= 4 is 19.7 Å². The summed E-state index contributed by atoms with van der Waals surface area (Å²) < 4.78 is 30.3. The van der Waals surface area contributed by atoms with E-state index >= 15 is 0 Å². The Morgan fingerprint density at radius 2 is 0.836 bits per heavy atom. The Bertz CT molecular complexity index is 1480. The molecular formula is C63H115N2O7P. The van der Waals surface area contributed by atoms with Crippen LogP contribution in [0.2, 0.25) is 0 Å². The highest BCUT2D eigenvalue weighted by atomic mass is 31.2. The molecule has 73 heavy (non-hydrogen) atoms. The minimum absolute atomic E-state index is 0.0315. The number of amides is 1. The number of carbonyl (C=O) groups excluding carboxylic acids is 2. The van der Waals surface area contributed by atoms with E-state index in [0.717, 1.165) is 89.9 Å². The van der Waals surface area contributed by atoms with E-state index in [0.29, 0.717) is 17.4 Å².